The van der Waals surface area contributed by atoms with Crippen LogP contribution in [0.3, 0.4) is 0 Å². The predicted octanol–water partition coefficient (Wildman–Crippen LogP) is 1.44. The highest BCUT2D eigenvalue weighted by atomic mass is 16.3. The van der Waals surface area contributed by atoms with E-state index in [1.165, 1.54) is 0 Å². The molecule has 1 rings (SSSR count). The lowest BCUT2D eigenvalue weighted by atomic mass is 10.1. The van der Waals surface area contributed by atoms with E-state index in [9.17, 15) is 5.11 Å². The third-order valence-corrected chi connectivity index (χ3v) is 2.27. The maximum absolute atomic E-state index is 9.98. The van der Waals surface area contributed by atoms with Crippen molar-refractivity contribution < 1.29 is 5.11 Å². The van der Waals surface area contributed by atoms with Crippen molar-refractivity contribution in [3.8, 4) is 0 Å². The van der Waals surface area contributed by atoms with Crippen LogP contribution in [0.15, 0.2) is 18.5 Å². The van der Waals surface area contributed by atoms with Crippen molar-refractivity contribution >= 4 is 0 Å². The molecule has 2 atom stereocenters. The summed E-state index contributed by atoms with van der Waals surface area (Å²) in [4.78, 5) is 0. The lowest BCUT2D eigenvalue weighted by Gasteiger charge is -2.21. The molecule has 2 N–H and O–H groups in total. The average Bonchev–Trinajstić information content (AvgIpc) is 2.49. The van der Waals surface area contributed by atoms with Gasteiger partial charge in [-0.2, -0.15) is 0 Å². The molecule has 0 bridgehead atoms. The molecule has 0 fully saturated rings. The Kier molecular flexibility index (Phi) is 3.72. The molecule has 1 aromatic rings. The minimum Gasteiger partial charge on any atom is -0.387 e. The number of nitrogens with zero attached hydrogens (tertiary/aromatic N) is 1. The van der Waals surface area contributed by atoms with E-state index >= 15 is 0 Å². The zero-order valence-corrected chi connectivity index (χ0v) is 9.36. The fourth-order valence-corrected chi connectivity index (χ4v) is 1.61. The minimum atomic E-state index is -0.432. The van der Waals surface area contributed by atoms with E-state index in [0.717, 1.165) is 5.56 Å². The van der Waals surface area contributed by atoms with Crippen molar-refractivity contribution in [1.29, 1.82) is 0 Å². The summed E-state index contributed by atoms with van der Waals surface area (Å²) in [5, 5.41) is 13.3. The Morgan fingerprint density at radius 1 is 1.36 bits per heavy atom. The summed E-state index contributed by atoms with van der Waals surface area (Å²) >= 11 is 0. The molecule has 80 valence electrons. The second-order valence-corrected chi connectivity index (χ2v) is 4.17. The number of aromatic nitrogens is 1. The maximum atomic E-state index is 9.98. The number of hydrogen-bond donors (Lipinski definition) is 2. The van der Waals surface area contributed by atoms with Gasteiger partial charge in [0.1, 0.15) is 0 Å². The van der Waals surface area contributed by atoms with Gasteiger partial charge in [-0.25, -0.2) is 0 Å². The second kappa shape index (κ2) is 4.62. The van der Waals surface area contributed by atoms with Crippen LogP contribution in [0.1, 0.15) is 32.4 Å². The smallest absolute Gasteiger partial charge is 0.0954 e. The van der Waals surface area contributed by atoms with E-state index in [1.807, 2.05) is 37.0 Å². The lowest BCUT2D eigenvalue weighted by molar-refractivity contribution is 0.132. The molecule has 1 heterocycles. The summed E-state index contributed by atoms with van der Waals surface area (Å²) in [7, 11) is 1.96. The molecule has 2 unspecified atom stereocenters. The Balaban J connectivity index is 2.60. The largest absolute Gasteiger partial charge is 0.387 e. The minimum absolute atomic E-state index is 0.0809. The van der Waals surface area contributed by atoms with Gasteiger partial charge in [0, 0.05) is 31.5 Å². The second-order valence-electron chi connectivity index (χ2n) is 4.17. The van der Waals surface area contributed by atoms with Gasteiger partial charge in [0.2, 0.25) is 0 Å². The molecule has 0 saturated heterocycles. The normalized spacial score (nSPS) is 15.9. The molecule has 0 aliphatic heterocycles. The van der Waals surface area contributed by atoms with Gasteiger partial charge in [-0.3, -0.25) is 0 Å². The zero-order chi connectivity index (χ0) is 10.7. The molecule has 3 heteroatoms. The molecule has 14 heavy (non-hydrogen) atoms. The zero-order valence-electron chi connectivity index (χ0n) is 9.36. The fourth-order valence-electron chi connectivity index (χ4n) is 1.61. The summed E-state index contributed by atoms with van der Waals surface area (Å²) in [5.74, 6) is 0. The maximum Gasteiger partial charge on any atom is 0.0954 e. The van der Waals surface area contributed by atoms with Gasteiger partial charge >= 0.3 is 0 Å². The van der Waals surface area contributed by atoms with Gasteiger partial charge in [-0.1, -0.05) is 13.8 Å². The van der Waals surface area contributed by atoms with Gasteiger partial charge in [0.05, 0.1) is 6.10 Å². The monoisotopic (exact) mass is 196 g/mol. The summed E-state index contributed by atoms with van der Waals surface area (Å²) in [5.41, 5.74) is 0.966. The van der Waals surface area contributed by atoms with Crippen molar-refractivity contribution in [1.82, 2.24) is 9.88 Å². The van der Waals surface area contributed by atoms with Crippen molar-refractivity contribution in [2.75, 3.05) is 0 Å². The topological polar surface area (TPSA) is 37.2 Å². The van der Waals surface area contributed by atoms with Crippen LogP contribution in [0, 0.1) is 0 Å². The first-order chi connectivity index (χ1) is 6.50. The van der Waals surface area contributed by atoms with E-state index in [1.54, 1.807) is 0 Å². The molecule has 0 aliphatic rings. The molecule has 0 radical (unpaired) electrons. The highest BCUT2D eigenvalue weighted by Crippen LogP contribution is 2.16. The first-order valence-electron chi connectivity index (χ1n) is 5.06. The van der Waals surface area contributed by atoms with Crippen LogP contribution in [0.2, 0.25) is 0 Å². The number of nitrogens with one attached hydrogen (secondary N) is 1. The van der Waals surface area contributed by atoms with E-state index in [2.05, 4.69) is 19.2 Å². The molecule has 0 saturated carbocycles. The summed E-state index contributed by atoms with van der Waals surface area (Å²) < 4.78 is 1.95. The molecule has 0 aliphatic carbocycles. The highest BCUT2D eigenvalue weighted by molar-refractivity contribution is 5.14. The molecule has 0 amide bonds. The third-order valence-electron chi connectivity index (χ3n) is 2.27. The quantitative estimate of drug-likeness (QED) is 0.764. The summed E-state index contributed by atoms with van der Waals surface area (Å²) in [6, 6.07) is 2.42. The average molecular weight is 196 g/mol. The van der Waals surface area contributed by atoms with Crippen molar-refractivity contribution in [3.63, 3.8) is 0 Å². The predicted molar refractivity (Wildman–Crippen MR) is 58.1 cm³/mol. The van der Waals surface area contributed by atoms with Crippen molar-refractivity contribution in [2.45, 2.75) is 39.0 Å². The van der Waals surface area contributed by atoms with Crippen LogP contribution in [0.4, 0.5) is 0 Å². The number of aliphatic hydroxyl groups excluding tert-OH is 1. The van der Waals surface area contributed by atoms with Crippen LogP contribution in [0.25, 0.3) is 0 Å². The van der Waals surface area contributed by atoms with Crippen LogP contribution in [0.5, 0.6) is 0 Å². The van der Waals surface area contributed by atoms with Crippen molar-refractivity contribution in [2.24, 2.45) is 7.05 Å². The van der Waals surface area contributed by atoms with Gasteiger partial charge in [0.15, 0.2) is 0 Å². The molecule has 1 aromatic heterocycles. The Labute approximate surface area is 85.7 Å². The van der Waals surface area contributed by atoms with E-state index in [0.29, 0.717) is 6.04 Å². The Hall–Kier alpha value is -0.800. The highest BCUT2D eigenvalue weighted by Gasteiger charge is 2.17. The van der Waals surface area contributed by atoms with E-state index < -0.39 is 6.10 Å². The van der Waals surface area contributed by atoms with Gasteiger partial charge < -0.3 is 15.0 Å². The van der Waals surface area contributed by atoms with Crippen LogP contribution in [-0.2, 0) is 7.05 Å². The van der Waals surface area contributed by atoms with Crippen molar-refractivity contribution in [3.05, 3.63) is 24.0 Å². The number of rotatable bonds is 4. The Bertz CT molecular complexity index is 281. The van der Waals surface area contributed by atoms with Crippen LogP contribution in [-0.4, -0.2) is 21.8 Å². The number of hydrogen-bond acceptors (Lipinski definition) is 2. The number of aryl methyl sites for hydroxylation is 1. The van der Waals surface area contributed by atoms with Gasteiger partial charge in [-0.05, 0) is 18.6 Å². The molecule has 3 nitrogen and oxygen atoms in total. The molecule has 0 aromatic carbocycles. The summed E-state index contributed by atoms with van der Waals surface area (Å²) in [6.45, 7) is 6.15. The molecule has 0 spiro atoms. The number of aliphatic hydroxyl groups is 1. The standard InChI is InChI=1S/C11H20N2O/c1-8(2)12-9(3)11(14)10-5-6-13(4)7-10/h5-9,11-12,14H,1-4H3. The molecular formula is C11H20N2O. The SMILES string of the molecule is CC(C)NC(C)C(O)c1ccn(C)c1. The van der Waals surface area contributed by atoms with Crippen LogP contribution >= 0.6 is 0 Å². The Morgan fingerprint density at radius 2 is 2.00 bits per heavy atom. The first kappa shape index (κ1) is 11.3. The fraction of sp³-hybridized carbons (Fsp3) is 0.636. The first-order valence-corrected chi connectivity index (χ1v) is 5.06. The van der Waals surface area contributed by atoms with Gasteiger partial charge in [0.25, 0.3) is 0 Å². The van der Waals surface area contributed by atoms with Gasteiger partial charge in [-0.15, -0.1) is 0 Å². The summed E-state index contributed by atoms with van der Waals surface area (Å²) in [6.07, 6.45) is 3.46. The van der Waals surface area contributed by atoms with E-state index in [4.69, 9.17) is 0 Å². The van der Waals surface area contributed by atoms with Crippen LogP contribution < -0.4 is 5.32 Å². The molecular weight excluding hydrogens is 176 g/mol. The Morgan fingerprint density at radius 3 is 2.43 bits per heavy atom. The van der Waals surface area contributed by atoms with E-state index in [-0.39, 0.29) is 6.04 Å². The lowest BCUT2D eigenvalue weighted by Crippen LogP contribution is -2.36. The third kappa shape index (κ3) is 2.86.